The zero-order valence-electron chi connectivity index (χ0n) is 9.00. The van der Waals surface area contributed by atoms with Gasteiger partial charge in [0.1, 0.15) is 0 Å². The minimum Gasteiger partial charge on any atom is -0.467 e. The van der Waals surface area contributed by atoms with Gasteiger partial charge in [-0.05, 0) is 6.92 Å². The number of hydrogen-bond donors (Lipinski definition) is 2. The summed E-state index contributed by atoms with van der Waals surface area (Å²) in [7, 11) is 1.39. The first-order chi connectivity index (χ1) is 7.65. The highest BCUT2D eigenvalue weighted by Crippen LogP contribution is 2.10. The molecule has 1 aromatic heterocycles. The standard InChI is InChI=1S/C8H13F2N5O/c1-3-11-6-13-7(12-4-5(9)10)15-8(14-6)16-2/h5H,3-4H2,1-2H3,(H2,11,12,13,14,15). The van der Waals surface area contributed by atoms with E-state index in [4.69, 9.17) is 4.74 Å². The molecule has 0 amide bonds. The molecule has 0 fully saturated rings. The van der Waals surface area contributed by atoms with Crippen LogP contribution in [0.5, 0.6) is 6.01 Å². The molecule has 0 aliphatic heterocycles. The van der Waals surface area contributed by atoms with Gasteiger partial charge >= 0.3 is 6.01 Å². The maximum absolute atomic E-state index is 12.0. The second-order valence-electron chi connectivity index (χ2n) is 2.77. The van der Waals surface area contributed by atoms with E-state index >= 15 is 0 Å². The number of methoxy groups -OCH3 is 1. The van der Waals surface area contributed by atoms with Gasteiger partial charge in [0.05, 0.1) is 13.7 Å². The molecule has 6 nitrogen and oxygen atoms in total. The van der Waals surface area contributed by atoms with Crippen LogP contribution in [0.2, 0.25) is 0 Å². The van der Waals surface area contributed by atoms with Gasteiger partial charge in [-0.25, -0.2) is 8.78 Å². The summed E-state index contributed by atoms with van der Waals surface area (Å²) in [5, 5.41) is 5.23. The first-order valence-corrected chi connectivity index (χ1v) is 4.71. The Bertz CT molecular complexity index is 336. The Morgan fingerprint density at radius 3 is 2.31 bits per heavy atom. The lowest BCUT2D eigenvalue weighted by Gasteiger charge is -2.07. The van der Waals surface area contributed by atoms with E-state index in [-0.39, 0.29) is 17.9 Å². The molecular formula is C8H13F2N5O. The van der Waals surface area contributed by atoms with Gasteiger partial charge in [-0.2, -0.15) is 15.0 Å². The Balaban J connectivity index is 2.77. The molecule has 2 N–H and O–H groups in total. The summed E-state index contributed by atoms with van der Waals surface area (Å²) in [5.74, 6) is 0.342. The van der Waals surface area contributed by atoms with Crippen molar-refractivity contribution in [3.05, 3.63) is 0 Å². The third kappa shape index (κ3) is 3.79. The summed E-state index contributed by atoms with van der Waals surface area (Å²) in [6.45, 7) is 1.96. The van der Waals surface area contributed by atoms with E-state index in [1.165, 1.54) is 7.11 Å². The molecule has 1 heterocycles. The number of anilines is 2. The number of alkyl halides is 2. The fraction of sp³-hybridized carbons (Fsp3) is 0.625. The predicted molar refractivity (Wildman–Crippen MR) is 55.0 cm³/mol. The highest BCUT2D eigenvalue weighted by Gasteiger charge is 2.08. The van der Waals surface area contributed by atoms with E-state index in [2.05, 4.69) is 25.6 Å². The monoisotopic (exact) mass is 233 g/mol. The van der Waals surface area contributed by atoms with Crippen molar-refractivity contribution in [2.24, 2.45) is 0 Å². The molecule has 0 aliphatic rings. The van der Waals surface area contributed by atoms with Gasteiger partial charge in [0, 0.05) is 6.54 Å². The molecular weight excluding hydrogens is 220 g/mol. The third-order valence-electron chi connectivity index (χ3n) is 1.55. The Morgan fingerprint density at radius 2 is 1.81 bits per heavy atom. The molecule has 0 saturated heterocycles. The van der Waals surface area contributed by atoms with Gasteiger partial charge in [0.15, 0.2) is 0 Å². The maximum Gasteiger partial charge on any atom is 0.322 e. The first-order valence-electron chi connectivity index (χ1n) is 4.71. The summed E-state index contributed by atoms with van der Waals surface area (Å²) in [6, 6.07) is 0.0720. The smallest absolute Gasteiger partial charge is 0.322 e. The fourth-order valence-corrected chi connectivity index (χ4v) is 0.932. The van der Waals surface area contributed by atoms with Gasteiger partial charge in [-0.15, -0.1) is 0 Å². The lowest BCUT2D eigenvalue weighted by Crippen LogP contribution is -2.14. The average Bonchev–Trinajstić information content (AvgIpc) is 2.26. The SMILES string of the molecule is CCNc1nc(NCC(F)F)nc(OC)n1. The number of nitrogens with zero attached hydrogens (tertiary/aromatic N) is 3. The number of aromatic nitrogens is 3. The molecule has 0 atom stereocenters. The average molecular weight is 233 g/mol. The van der Waals surface area contributed by atoms with Gasteiger partial charge in [-0.1, -0.05) is 0 Å². The van der Waals surface area contributed by atoms with Crippen LogP contribution in [0.4, 0.5) is 20.7 Å². The van der Waals surface area contributed by atoms with Crippen LogP contribution < -0.4 is 15.4 Å². The number of ether oxygens (including phenoxy) is 1. The third-order valence-corrected chi connectivity index (χ3v) is 1.55. The van der Waals surface area contributed by atoms with Crippen LogP contribution in [-0.2, 0) is 0 Å². The van der Waals surface area contributed by atoms with Crippen LogP contribution in [-0.4, -0.2) is 41.6 Å². The van der Waals surface area contributed by atoms with Crippen LogP contribution >= 0.6 is 0 Å². The molecule has 1 rings (SSSR count). The lowest BCUT2D eigenvalue weighted by atomic mass is 10.6. The van der Waals surface area contributed by atoms with Crippen LogP contribution in [0.3, 0.4) is 0 Å². The summed E-state index contributed by atoms with van der Waals surface area (Å²) < 4.78 is 28.8. The number of rotatable bonds is 6. The Hall–Kier alpha value is -1.73. The maximum atomic E-state index is 12.0. The van der Waals surface area contributed by atoms with Crippen LogP contribution in [0.25, 0.3) is 0 Å². The van der Waals surface area contributed by atoms with Crippen molar-refractivity contribution in [2.75, 3.05) is 30.8 Å². The molecule has 0 aromatic carbocycles. The van der Waals surface area contributed by atoms with E-state index in [9.17, 15) is 8.78 Å². The highest BCUT2D eigenvalue weighted by atomic mass is 19.3. The topological polar surface area (TPSA) is 72.0 Å². The molecule has 0 unspecified atom stereocenters. The second-order valence-corrected chi connectivity index (χ2v) is 2.77. The molecule has 0 bridgehead atoms. The van der Waals surface area contributed by atoms with Crippen LogP contribution in [0.15, 0.2) is 0 Å². The molecule has 90 valence electrons. The van der Waals surface area contributed by atoms with E-state index in [1.807, 2.05) is 6.92 Å². The van der Waals surface area contributed by atoms with Crippen molar-refractivity contribution < 1.29 is 13.5 Å². The predicted octanol–water partition coefficient (Wildman–Crippen LogP) is 0.989. The number of halogens is 2. The summed E-state index contributed by atoms with van der Waals surface area (Å²) >= 11 is 0. The minimum absolute atomic E-state index is 0.0584. The zero-order chi connectivity index (χ0) is 12.0. The second kappa shape index (κ2) is 5.99. The van der Waals surface area contributed by atoms with Gasteiger partial charge in [0.2, 0.25) is 11.9 Å². The molecule has 0 saturated carbocycles. The highest BCUT2D eigenvalue weighted by molar-refractivity contribution is 5.35. The zero-order valence-corrected chi connectivity index (χ0v) is 9.00. The van der Waals surface area contributed by atoms with Crippen molar-refractivity contribution >= 4 is 11.9 Å². The number of hydrogen-bond acceptors (Lipinski definition) is 6. The van der Waals surface area contributed by atoms with Gasteiger partial charge < -0.3 is 15.4 Å². The Labute approximate surface area is 91.5 Å². The van der Waals surface area contributed by atoms with E-state index < -0.39 is 13.0 Å². The van der Waals surface area contributed by atoms with Crippen molar-refractivity contribution in [3.8, 4) is 6.01 Å². The van der Waals surface area contributed by atoms with Gasteiger partial charge in [0.25, 0.3) is 6.43 Å². The fourth-order valence-electron chi connectivity index (χ4n) is 0.932. The normalized spacial score (nSPS) is 10.3. The van der Waals surface area contributed by atoms with Crippen molar-refractivity contribution in [1.82, 2.24) is 15.0 Å². The minimum atomic E-state index is -2.47. The summed E-state index contributed by atoms with van der Waals surface area (Å²) in [6.07, 6.45) is -2.47. The van der Waals surface area contributed by atoms with E-state index in [0.29, 0.717) is 6.54 Å². The lowest BCUT2D eigenvalue weighted by molar-refractivity contribution is 0.163. The Morgan fingerprint density at radius 1 is 1.19 bits per heavy atom. The number of nitrogens with one attached hydrogen (secondary N) is 2. The summed E-state index contributed by atoms with van der Waals surface area (Å²) in [4.78, 5) is 11.5. The molecule has 8 heteroatoms. The first kappa shape index (κ1) is 12.3. The quantitative estimate of drug-likeness (QED) is 0.763. The van der Waals surface area contributed by atoms with Crippen LogP contribution in [0, 0.1) is 0 Å². The van der Waals surface area contributed by atoms with Crippen LogP contribution in [0.1, 0.15) is 6.92 Å². The summed E-state index contributed by atoms with van der Waals surface area (Å²) in [5.41, 5.74) is 0. The van der Waals surface area contributed by atoms with Crippen molar-refractivity contribution in [2.45, 2.75) is 13.3 Å². The van der Waals surface area contributed by atoms with E-state index in [0.717, 1.165) is 0 Å². The van der Waals surface area contributed by atoms with E-state index in [1.54, 1.807) is 0 Å². The molecule has 0 spiro atoms. The van der Waals surface area contributed by atoms with Crippen molar-refractivity contribution in [1.29, 1.82) is 0 Å². The van der Waals surface area contributed by atoms with Crippen molar-refractivity contribution in [3.63, 3.8) is 0 Å². The Kier molecular flexibility index (Phi) is 4.62. The molecule has 16 heavy (non-hydrogen) atoms. The molecule has 1 aromatic rings. The van der Waals surface area contributed by atoms with Gasteiger partial charge in [-0.3, -0.25) is 0 Å². The molecule has 0 aliphatic carbocycles. The molecule has 0 radical (unpaired) electrons. The largest absolute Gasteiger partial charge is 0.467 e.